The van der Waals surface area contributed by atoms with Crippen LogP contribution in [0.15, 0.2) is 53.5 Å². The molecule has 0 aromatic heterocycles. The van der Waals surface area contributed by atoms with Crippen molar-refractivity contribution >= 4 is 47.2 Å². The fourth-order valence-electron chi connectivity index (χ4n) is 3.18. The van der Waals surface area contributed by atoms with Crippen molar-refractivity contribution in [1.82, 2.24) is 0 Å². The van der Waals surface area contributed by atoms with Crippen LogP contribution in [0.4, 0.5) is 11.4 Å². The molecule has 2 aromatic rings. The van der Waals surface area contributed by atoms with E-state index < -0.39 is 0 Å². The standard InChI is InChI=1S/C21H26N4O.HI/c1-15-9-11-18(12-10-15)25-21(22)23-14-16-5-4-8-19(13-16)24-20(26)17-6-2-3-7-17;/h4-5,8-13,17H,2-3,6-7,14H2,1H3,(H,24,26)(H3,22,23,25);1H. The van der Waals surface area contributed by atoms with Gasteiger partial charge < -0.3 is 16.4 Å². The fourth-order valence-corrected chi connectivity index (χ4v) is 3.18. The van der Waals surface area contributed by atoms with E-state index >= 15 is 0 Å². The van der Waals surface area contributed by atoms with Crippen LogP contribution in [0, 0.1) is 12.8 Å². The van der Waals surface area contributed by atoms with Gasteiger partial charge in [0.1, 0.15) is 0 Å². The number of amides is 1. The van der Waals surface area contributed by atoms with Crippen molar-refractivity contribution in [2.75, 3.05) is 10.6 Å². The first-order valence-corrected chi connectivity index (χ1v) is 9.13. The van der Waals surface area contributed by atoms with Crippen LogP contribution >= 0.6 is 24.0 Å². The second kappa shape index (κ2) is 10.3. The van der Waals surface area contributed by atoms with Crippen molar-refractivity contribution in [3.8, 4) is 0 Å². The van der Waals surface area contributed by atoms with Gasteiger partial charge in [0.15, 0.2) is 5.96 Å². The second-order valence-corrected chi connectivity index (χ2v) is 6.86. The van der Waals surface area contributed by atoms with E-state index in [1.165, 1.54) is 5.56 Å². The molecule has 144 valence electrons. The molecule has 6 heteroatoms. The van der Waals surface area contributed by atoms with E-state index in [2.05, 4.69) is 15.6 Å². The summed E-state index contributed by atoms with van der Waals surface area (Å²) in [4.78, 5) is 16.6. The zero-order chi connectivity index (χ0) is 18.4. The number of rotatable bonds is 5. The number of guanidine groups is 1. The van der Waals surface area contributed by atoms with Gasteiger partial charge in [-0.3, -0.25) is 4.79 Å². The molecule has 0 spiro atoms. The molecule has 0 unspecified atom stereocenters. The molecule has 0 bridgehead atoms. The van der Waals surface area contributed by atoms with Crippen molar-refractivity contribution in [3.63, 3.8) is 0 Å². The number of nitrogens with zero attached hydrogens (tertiary/aromatic N) is 1. The summed E-state index contributed by atoms with van der Waals surface area (Å²) in [6.45, 7) is 2.50. The molecule has 0 radical (unpaired) electrons. The Kier molecular flexibility index (Phi) is 8.09. The van der Waals surface area contributed by atoms with Crippen molar-refractivity contribution in [2.45, 2.75) is 39.2 Å². The van der Waals surface area contributed by atoms with Crippen LogP contribution in [-0.2, 0) is 11.3 Å². The molecule has 0 aliphatic heterocycles. The zero-order valence-corrected chi connectivity index (χ0v) is 17.9. The largest absolute Gasteiger partial charge is 0.370 e. The number of nitrogens with one attached hydrogen (secondary N) is 2. The highest BCUT2D eigenvalue weighted by molar-refractivity contribution is 14.0. The SMILES string of the molecule is Cc1ccc(NC(N)=NCc2cccc(NC(=O)C3CCCC3)c2)cc1.I. The van der Waals surface area contributed by atoms with Crippen molar-refractivity contribution in [2.24, 2.45) is 16.6 Å². The number of carbonyl (C=O) groups excluding carboxylic acids is 1. The van der Waals surface area contributed by atoms with E-state index in [1.54, 1.807) is 0 Å². The van der Waals surface area contributed by atoms with Gasteiger partial charge >= 0.3 is 0 Å². The number of benzene rings is 2. The third-order valence-electron chi connectivity index (χ3n) is 4.68. The zero-order valence-electron chi connectivity index (χ0n) is 15.6. The molecule has 5 nitrogen and oxygen atoms in total. The van der Waals surface area contributed by atoms with Gasteiger partial charge in [0.05, 0.1) is 6.54 Å². The average Bonchev–Trinajstić information content (AvgIpc) is 3.17. The lowest BCUT2D eigenvalue weighted by atomic mass is 10.1. The lowest BCUT2D eigenvalue weighted by molar-refractivity contribution is -0.119. The van der Waals surface area contributed by atoms with Crippen molar-refractivity contribution in [3.05, 3.63) is 59.7 Å². The quantitative estimate of drug-likeness (QED) is 0.332. The van der Waals surface area contributed by atoms with E-state index in [0.29, 0.717) is 12.5 Å². The Labute approximate surface area is 177 Å². The Morgan fingerprint density at radius 2 is 1.78 bits per heavy atom. The van der Waals surface area contributed by atoms with Crippen LogP contribution in [0.1, 0.15) is 36.8 Å². The van der Waals surface area contributed by atoms with E-state index in [1.807, 2.05) is 55.5 Å². The highest BCUT2D eigenvalue weighted by atomic mass is 127. The predicted octanol–water partition coefficient (Wildman–Crippen LogP) is 4.67. The minimum Gasteiger partial charge on any atom is -0.370 e. The van der Waals surface area contributed by atoms with E-state index in [9.17, 15) is 4.79 Å². The highest BCUT2D eigenvalue weighted by Crippen LogP contribution is 2.26. The second-order valence-electron chi connectivity index (χ2n) is 6.86. The van der Waals surface area contributed by atoms with Crippen LogP contribution in [-0.4, -0.2) is 11.9 Å². The summed E-state index contributed by atoms with van der Waals surface area (Å²) in [7, 11) is 0. The molecule has 0 saturated heterocycles. The number of anilines is 2. The van der Waals surface area contributed by atoms with Gasteiger partial charge in [0.2, 0.25) is 5.91 Å². The van der Waals surface area contributed by atoms with Gasteiger partial charge in [0.25, 0.3) is 0 Å². The summed E-state index contributed by atoms with van der Waals surface area (Å²) < 4.78 is 0. The minimum absolute atomic E-state index is 0. The molecule has 0 heterocycles. The van der Waals surface area contributed by atoms with Crippen LogP contribution < -0.4 is 16.4 Å². The topological polar surface area (TPSA) is 79.5 Å². The molecule has 4 N–H and O–H groups in total. The summed E-state index contributed by atoms with van der Waals surface area (Å²) in [5.74, 6) is 0.656. The normalized spacial score (nSPS) is 14.5. The van der Waals surface area contributed by atoms with Crippen LogP contribution in [0.5, 0.6) is 0 Å². The highest BCUT2D eigenvalue weighted by Gasteiger charge is 2.22. The maximum atomic E-state index is 12.3. The van der Waals surface area contributed by atoms with Gasteiger partial charge in [0, 0.05) is 17.3 Å². The number of aryl methyl sites for hydroxylation is 1. The molecule has 1 saturated carbocycles. The Bertz CT molecular complexity index is 783. The fraction of sp³-hybridized carbons (Fsp3) is 0.333. The number of aliphatic imine (C=N–C) groups is 1. The lowest BCUT2D eigenvalue weighted by Crippen LogP contribution is -2.22. The first kappa shape index (κ1) is 21.2. The summed E-state index contributed by atoms with van der Waals surface area (Å²) in [5.41, 5.74) is 9.89. The molecule has 2 aromatic carbocycles. The Morgan fingerprint density at radius 3 is 2.48 bits per heavy atom. The number of hydrogen-bond acceptors (Lipinski definition) is 2. The van der Waals surface area contributed by atoms with Gasteiger partial charge in [-0.1, -0.05) is 42.7 Å². The van der Waals surface area contributed by atoms with E-state index in [0.717, 1.165) is 42.6 Å². The Hall–Kier alpha value is -2.09. The molecule has 3 rings (SSSR count). The summed E-state index contributed by atoms with van der Waals surface area (Å²) in [6.07, 6.45) is 4.30. The molecule has 1 aliphatic rings. The third kappa shape index (κ3) is 6.53. The summed E-state index contributed by atoms with van der Waals surface area (Å²) in [6, 6.07) is 15.8. The summed E-state index contributed by atoms with van der Waals surface area (Å²) >= 11 is 0. The average molecular weight is 478 g/mol. The van der Waals surface area contributed by atoms with Gasteiger partial charge in [-0.15, -0.1) is 24.0 Å². The molecule has 1 fully saturated rings. The number of hydrogen-bond donors (Lipinski definition) is 3. The molecular weight excluding hydrogens is 451 g/mol. The Morgan fingerprint density at radius 1 is 1.07 bits per heavy atom. The maximum absolute atomic E-state index is 12.3. The first-order valence-electron chi connectivity index (χ1n) is 9.13. The van der Waals surface area contributed by atoms with Gasteiger partial charge in [-0.25, -0.2) is 4.99 Å². The molecule has 27 heavy (non-hydrogen) atoms. The Balaban J connectivity index is 0.00000261. The van der Waals surface area contributed by atoms with Crippen LogP contribution in [0.3, 0.4) is 0 Å². The predicted molar refractivity (Wildman–Crippen MR) is 123 cm³/mol. The lowest BCUT2D eigenvalue weighted by Gasteiger charge is -2.11. The maximum Gasteiger partial charge on any atom is 0.227 e. The monoisotopic (exact) mass is 478 g/mol. The van der Waals surface area contributed by atoms with Crippen LogP contribution in [0.2, 0.25) is 0 Å². The van der Waals surface area contributed by atoms with E-state index in [-0.39, 0.29) is 35.8 Å². The van der Waals surface area contributed by atoms with Crippen molar-refractivity contribution < 1.29 is 4.79 Å². The molecule has 1 aliphatic carbocycles. The number of halogens is 1. The van der Waals surface area contributed by atoms with Crippen molar-refractivity contribution in [1.29, 1.82) is 0 Å². The van der Waals surface area contributed by atoms with Crippen LogP contribution in [0.25, 0.3) is 0 Å². The molecule has 0 atom stereocenters. The first-order chi connectivity index (χ1) is 12.6. The number of carbonyl (C=O) groups is 1. The number of nitrogens with two attached hydrogens (primary N) is 1. The molecular formula is C21H27IN4O. The van der Waals surface area contributed by atoms with Gasteiger partial charge in [-0.05, 0) is 49.6 Å². The molecule has 1 amide bonds. The minimum atomic E-state index is 0. The summed E-state index contributed by atoms with van der Waals surface area (Å²) in [5, 5.41) is 6.10. The van der Waals surface area contributed by atoms with Gasteiger partial charge in [-0.2, -0.15) is 0 Å². The smallest absolute Gasteiger partial charge is 0.227 e. The van der Waals surface area contributed by atoms with E-state index in [4.69, 9.17) is 5.73 Å². The third-order valence-corrected chi connectivity index (χ3v) is 4.68.